The molecule has 2 fully saturated rings. The lowest BCUT2D eigenvalue weighted by molar-refractivity contribution is 0.0500. The molecule has 0 N–H and O–H groups in total. The number of amides is 1. The first-order valence-electron chi connectivity index (χ1n) is 12.5. The average Bonchev–Trinajstić information content (AvgIpc) is 3.69. The van der Waals surface area contributed by atoms with Crippen LogP contribution in [0.5, 0.6) is 0 Å². The number of sulfone groups is 1. The SMILES string of the molecule is O=C(c1cccs1)N(Cc1cnc(S(=O)(=O)Cc2ccc(F)cc2)n1C[C@H]1CCCO1)C[C@H]1CCCO1. The van der Waals surface area contributed by atoms with Crippen molar-refractivity contribution in [3.05, 3.63) is 69.9 Å². The number of rotatable bonds is 10. The fraction of sp³-hybridized carbons (Fsp3) is 0.462. The van der Waals surface area contributed by atoms with Crippen molar-refractivity contribution in [2.24, 2.45) is 0 Å². The van der Waals surface area contributed by atoms with Gasteiger partial charge in [-0.3, -0.25) is 4.79 Å². The third kappa shape index (κ3) is 6.28. The van der Waals surface area contributed by atoms with Gasteiger partial charge < -0.3 is 18.9 Å². The zero-order valence-electron chi connectivity index (χ0n) is 20.4. The van der Waals surface area contributed by atoms with Gasteiger partial charge in [-0.1, -0.05) is 18.2 Å². The van der Waals surface area contributed by atoms with Crippen LogP contribution in [0, 0.1) is 5.82 Å². The van der Waals surface area contributed by atoms with Crippen molar-refractivity contribution < 1.29 is 27.1 Å². The minimum atomic E-state index is -3.85. The van der Waals surface area contributed by atoms with Gasteiger partial charge in [-0.05, 0) is 54.8 Å². The monoisotopic (exact) mass is 547 g/mol. The van der Waals surface area contributed by atoms with Crippen LogP contribution in [0.15, 0.2) is 53.1 Å². The molecule has 0 radical (unpaired) electrons. The molecule has 37 heavy (non-hydrogen) atoms. The molecule has 4 heterocycles. The first kappa shape index (κ1) is 26.0. The summed E-state index contributed by atoms with van der Waals surface area (Å²) >= 11 is 1.37. The van der Waals surface area contributed by atoms with Crippen LogP contribution in [0.25, 0.3) is 0 Å². The number of imidazole rings is 1. The van der Waals surface area contributed by atoms with E-state index in [2.05, 4.69) is 4.98 Å². The number of aromatic nitrogens is 2. The van der Waals surface area contributed by atoms with E-state index in [0.29, 0.717) is 42.4 Å². The summed E-state index contributed by atoms with van der Waals surface area (Å²) in [5.74, 6) is -0.848. The predicted octanol–water partition coefficient (Wildman–Crippen LogP) is 4.06. The lowest BCUT2D eigenvalue weighted by Crippen LogP contribution is -2.37. The Hall–Kier alpha value is -2.60. The number of thiophene rings is 1. The van der Waals surface area contributed by atoms with Gasteiger partial charge in [0.15, 0.2) is 0 Å². The number of benzene rings is 1. The fourth-order valence-corrected chi connectivity index (χ4v) is 7.02. The first-order valence-corrected chi connectivity index (χ1v) is 15.0. The second-order valence-corrected chi connectivity index (χ2v) is 12.3. The van der Waals surface area contributed by atoms with E-state index in [9.17, 15) is 17.6 Å². The lowest BCUT2D eigenvalue weighted by Gasteiger charge is -2.26. The Morgan fingerprint density at radius 2 is 1.84 bits per heavy atom. The second kappa shape index (κ2) is 11.4. The van der Waals surface area contributed by atoms with Crippen LogP contribution in [0.2, 0.25) is 0 Å². The second-order valence-electron chi connectivity index (χ2n) is 9.46. The van der Waals surface area contributed by atoms with Crippen molar-refractivity contribution in [2.45, 2.75) is 61.9 Å². The molecule has 198 valence electrons. The number of halogens is 1. The molecular weight excluding hydrogens is 517 g/mol. The van der Waals surface area contributed by atoms with Crippen molar-refractivity contribution in [3.63, 3.8) is 0 Å². The smallest absolute Gasteiger partial charge is 0.264 e. The molecule has 5 rings (SSSR count). The minimum Gasteiger partial charge on any atom is -0.376 e. The maximum atomic E-state index is 13.5. The molecule has 2 saturated heterocycles. The van der Waals surface area contributed by atoms with E-state index in [1.807, 2.05) is 11.4 Å². The molecule has 3 aromatic rings. The molecule has 2 atom stereocenters. The molecular formula is C26H30FN3O5S2. The zero-order chi connectivity index (χ0) is 25.8. The summed E-state index contributed by atoms with van der Waals surface area (Å²) in [5, 5.41) is 1.79. The number of hydrogen-bond acceptors (Lipinski definition) is 7. The number of nitrogens with zero attached hydrogens (tertiary/aromatic N) is 3. The van der Waals surface area contributed by atoms with E-state index >= 15 is 0 Å². The third-order valence-corrected chi connectivity index (χ3v) is 9.13. The van der Waals surface area contributed by atoms with Crippen molar-refractivity contribution in [1.29, 1.82) is 0 Å². The molecule has 1 aromatic carbocycles. The highest BCUT2D eigenvalue weighted by atomic mass is 32.2. The standard InChI is InChI=1S/C26H30FN3O5S2/c27-20-9-7-19(8-10-20)18-37(32,33)26-28-14-21(30(26)17-23-5-2-12-35-23)15-29(16-22-4-1-11-34-22)25(31)24-6-3-13-36-24/h3,6-10,13-14,22-23H,1-2,4-5,11-12,15-18H2/t22-,23-/m1/s1. The third-order valence-electron chi connectivity index (χ3n) is 6.68. The topological polar surface area (TPSA) is 90.7 Å². The molecule has 0 spiro atoms. The Bertz CT molecular complexity index is 1300. The van der Waals surface area contributed by atoms with Gasteiger partial charge in [-0.2, -0.15) is 0 Å². The summed E-state index contributed by atoms with van der Waals surface area (Å²) in [4.78, 5) is 20.1. The lowest BCUT2D eigenvalue weighted by atomic mass is 10.2. The van der Waals surface area contributed by atoms with Gasteiger partial charge in [0.25, 0.3) is 5.91 Å². The molecule has 0 unspecified atom stereocenters. The maximum absolute atomic E-state index is 13.5. The Morgan fingerprint density at radius 1 is 1.11 bits per heavy atom. The van der Waals surface area contributed by atoms with Crippen LogP contribution < -0.4 is 0 Å². The molecule has 2 aromatic heterocycles. The van der Waals surface area contributed by atoms with Crippen molar-refractivity contribution >= 4 is 27.1 Å². The number of carbonyl (C=O) groups excluding carboxylic acids is 1. The summed E-state index contributed by atoms with van der Waals surface area (Å²) in [6, 6.07) is 9.04. The largest absolute Gasteiger partial charge is 0.376 e. The number of hydrogen-bond donors (Lipinski definition) is 0. The van der Waals surface area contributed by atoms with Gasteiger partial charge in [0, 0.05) is 19.8 Å². The quantitative estimate of drug-likeness (QED) is 0.380. The Kier molecular flexibility index (Phi) is 8.04. The van der Waals surface area contributed by atoms with Crippen LogP contribution in [0.1, 0.15) is 46.6 Å². The Labute approximate surface area is 219 Å². The normalized spacial score (nSPS) is 19.9. The van der Waals surface area contributed by atoms with Gasteiger partial charge in [-0.15, -0.1) is 11.3 Å². The van der Waals surface area contributed by atoms with Crippen LogP contribution in [0.4, 0.5) is 4.39 Å². The van der Waals surface area contributed by atoms with Gasteiger partial charge in [0.1, 0.15) is 5.82 Å². The summed E-state index contributed by atoms with van der Waals surface area (Å²) in [6.45, 7) is 2.25. The van der Waals surface area contributed by atoms with Crippen LogP contribution in [-0.4, -0.2) is 60.7 Å². The molecule has 2 aliphatic rings. The number of ether oxygens (including phenoxy) is 2. The van der Waals surface area contributed by atoms with E-state index in [1.165, 1.54) is 41.8 Å². The van der Waals surface area contributed by atoms with Gasteiger partial charge >= 0.3 is 0 Å². The molecule has 0 bridgehead atoms. The Morgan fingerprint density at radius 3 is 2.49 bits per heavy atom. The fourth-order valence-electron chi connectivity index (χ4n) is 4.82. The highest BCUT2D eigenvalue weighted by molar-refractivity contribution is 7.90. The molecule has 0 saturated carbocycles. The van der Waals surface area contributed by atoms with Crippen molar-refractivity contribution in [2.75, 3.05) is 19.8 Å². The van der Waals surface area contributed by atoms with E-state index < -0.39 is 15.7 Å². The predicted molar refractivity (Wildman–Crippen MR) is 137 cm³/mol. The van der Waals surface area contributed by atoms with E-state index in [0.717, 1.165) is 25.7 Å². The first-order chi connectivity index (χ1) is 17.9. The number of carbonyl (C=O) groups is 1. The summed E-state index contributed by atoms with van der Waals surface area (Å²) < 4.78 is 53.6. The highest BCUT2D eigenvalue weighted by Gasteiger charge is 2.30. The zero-order valence-corrected chi connectivity index (χ0v) is 22.1. The summed E-state index contributed by atoms with van der Waals surface area (Å²) in [7, 11) is -3.85. The minimum absolute atomic E-state index is 0.0554. The Balaban J connectivity index is 1.45. The van der Waals surface area contributed by atoms with Gasteiger partial charge in [0.2, 0.25) is 15.0 Å². The van der Waals surface area contributed by atoms with E-state index in [1.54, 1.807) is 15.5 Å². The molecule has 11 heteroatoms. The average molecular weight is 548 g/mol. The van der Waals surface area contributed by atoms with Crippen LogP contribution >= 0.6 is 11.3 Å². The van der Waals surface area contributed by atoms with Gasteiger partial charge in [0.05, 0.1) is 47.8 Å². The molecule has 8 nitrogen and oxygen atoms in total. The van der Waals surface area contributed by atoms with Crippen molar-refractivity contribution in [3.8, 4) is 0 Å². The molecule has 0 aliphatic carbocycles. The molecule has 2 aliphatic heterocycles. The summed E-state index contributed by atoms with van der Waals surface area (Å²) in [5.41, 5.74) is 1.10. The van der Waals surface area contributed by atoms with Crippen LogP contribution in [0.3, 0.4) is 0 Å². The van der Waals surface area contributed by atoms with Gasteiger partial charge in [-0.25, -0.2) is 17.8 Å². The van der Waals surface area contributed by atoms with Crippen molar-refractivity contribution in [1.82, 2.24) is 14.5 Å². The summed E-state index contributed by atoms with van der Waals surface area (Å²) in [6.07, 6.45) is 4.91. The van der Waals surface area contributed by atoms with E-state index in [4.69, 9.17) is 9.47 Å². The maximum Gasteiger partial charge on any atom is 0.264 e. The highest BCUT2D eigenvalue weighted by Crippen LogP contribution is 2.24. The van der Waals surface area contributed by atoms with E-state index in [-0.39, 0.29) is 35.6 Å². The molecule has 1 amide bonds. The van der Waals surface area contributed by atoms with Crippen LogP contribution in [-0.2, 0) is 38.2 Å².